The summed E-state index contributed by atoms with van der Waals surface area (Å²) in [7, 11) is -1.37. The van der Waals surface area contributed by atoms with Gasteiger partial charge in [0, 0.05) is 13.1 Å². The summed E-state index contributed by atoms with van der Waals surface area (Å²) in [4.78, 5) is 14.3. The highest BCUT2D eigenvalue weighted by Crippen LogP contribution is 2.26. The zero-order valence-corrected chi connectivity index (χ0v) is 18.6. The lowest BCUT2D eigenvalue weighted by atomic mass is 10.1. The summed E-state index contributed by atoms with van der Waals surface area (Å²) in [5.74, 6) is 0.0551. The van der Waals surface area contributed by atoms with Crippen LogP contribution < -0.4 is 0 Å². The van der Waals surface area contributed by atoms with E-state index in [2.05, 4.69) is 34.6 Å². The number of nitrogens with zero attached hydrogens (tertiary/aromatic N) is 5. The fourth-order valence-corrected chi connectivity index (χ4v) is 6.04. The Morgan fingerprint density at radius 2 is 2.07 bits per heavy atom. The summed E-state index contributed by atoms with van der Waals surface area (Å²) in [6.45, 7) is 3.96. The zero-order chi connectivity index (χ0) is 21.0. The van der Waals surface area contributed by atoms with Gasteiger partial charge in [0.2, 0.25) is 11.1 Å². The second kappa shape index (κ2) is 9.25. The number of benzene rings is 1. The molecule has 0 aliphatic carbocycles. The highest BCUT2D eigenvalue weighted by molar-refractivity contribution is 8.00. The Labute approximate surface area is 176 Å². The average molecular weight is 438 g/mol. The van der Waals surface area contributed by atoms with Crippen LogP contribution in [0.1, 0.15) is 38.7 Å². The number of hydrogen-bond acceptors (Lipinski definition) is 7. The van der Waals surface area contributed by atoms with Crippen molar-refractivity contribution in [2.24, 2.45) is 0 Å². The number of carbonyl (C=O) groups excluding carboxylic acids is 1. The summed E-state index contributed by atoms with van der Waals surface area (Å²) in [6.07, 6.45) is 3.84. The maximum absolute atomic E-state index is 12.8. The van der Waals surface area contributed by atoms with Crippen LogP contribution in [0, 0.1) is 0 Å². The molecule has 1 saturated heterocycles. The first-order chi connectivity index (χ1) is 13.8. The third kappa shape index (κ3) is 5.36. The number of rotatable bonds is 8. The van der Waals surface area contributed by atoms with Gasteiger partial charge in [-0.05, 0) is 54.3 Å². The Morgan fingerprint density at radius 1 is 1.34 bits per heavy atom. The van der Waals surface area contributed by atoms with Crippen molar-refractivity contribution in [3.05, 3.63) is 29.8 Å². The van der Waals surface area contributed by atoms with Crippen LogP contribution in [0.4, 0.5) is 0 Å². The van der Waals surface area contributed by atoms with E-state index in [9.17, 15) is 13.2 Å². The van der Waals surface area contributed by atoms with E-state index in [1.165, 1.54) is 17.3 Å². The number of tetrazole rings is 1. The van der Waals surface area contributed by atoms with Gasteiger partial charge in [0.25, 0.3) is 0 Å². The lowest BCUT2D eigenvalue weighted by Gasteiger charge is -2.26. The third-order valence-corrected chi connectivity index (χ3v) is 7.95. The molecule has 0 spiro atoms. The Morgan fingerprint density at radius 3 is 2.69 bits per heavy atom. The normalized spacial score (nSPS) is 19.2. The van der Waals surface area contributed by atoms with Gasteiger partial charge in [0.1, 0.15) is 0 Å². The maximum Gasteiger partial charge on any atom is 0.235 e. The molecule has 2 aromatic rings. The molecule has 0 N–H and O–H groups in total. The van der Waals surface area contributed by atoms with Crippen LogP contribution in [-0.2, 0) is 21.1 Å². The van der Waals surface area contributed by atoms with Gasteiger partial charge in [-0.2, -0.15) is 4.68 Å². The van der Waals surface area contributed by atoms with E-state index in [1.54, 1.807) is 23.6 Å². The quantitative estimate of drug-likeness (QED) is 0.584. The van der Waals surface area contributed by atoms with Crippen molar-refractivity contribution in [3.8, 4) is 5.69 Å². The topological polar surface area (TPSA) is 98.1 Å². The molecule has 2 unspecified atom stereocenters. The van der Waals surface area contributed by atoms with Crippen molar-refractivity contribution in [2.75, 3.05) is 18.6 Å². The molecule has 0 bridgehead atoms. The number of unbranched alkanes of at least 4 members (excludes halogenated alkanes) is 1. The van der Waals surface area contributed by atoms with Gasteiger partial charge >= 0.3 is 0 Å². The minimum atomic E-state index is -3.04. The Kier molecular flexibility index (Phi) is 6.94. The van der Waals surface area contributed by atoms with Crippen LogP contribution >= 0.6 is 11.8 Å². The molecular weight excluding hydrogens is 410 g/mol. The molecular formula is C19H27N5O3S2. The molecule has 8 nitrogen and oxygen atoms in total. The molecule has 158 valence electrons. The second-order valence-corrected chi connectivity index (χ2v) is 10.9. The molecule has 1 amide bonds. The van der Waals surface area contributed by atoms with Crippen LogP contribution in [0.15, 0.2) is 29.4 Å². The van der Waals surface area contributed by atoms with E-state index in [0.29, 0.717) is 11.6 Å². The molecule has 1 aromatic heterocycles. The van der Waals surface area contributed by atoms with Crippen LogP contribution in [0.2, 0.25) is 0 Å². The lowest BCUT2D eigenvalue weighted by Crippen LogP contribution is -2.41. The molecule has 0 radical (unpaired) electrons. The van der Waals surface area contributed by atoms with Crippen LogP contribution in [0.3, 0.4) is 0 Å². The first kappa shape index (κ1) is 21.8. The maximum atomic E-state index is 12.8. The molecule has 1 aromatic carbocycles. The molecule has 2 atom stereocenters. The van der Waals surface area contributed by atoms with E-state index in [0.717, 1.165) is 24.9 Å². The Bertz CT molecular complexity index is 943. The monoisotopic (exact) mass is 437 g/mol. The molecule has 1 aliphatic rings. The van der Waals surface area contributed by atoms with Crippen molar-refractivity contribution in [1.82, 2.24) is 25.1 Å². The highest BCUT2D eigenvalue weighted by Gasteiger charge is 2.34. The van der Waals surface area contributed by atoms with Gasteiger partial charge in [0.15, 0.2) is 9.84 Å². The van der Waals surface area contributed by atoms with Crippen molar-refractivity contribution in [2.45, 2.75) is 56.0 Å². The fourth-order valence-electron chi connectivity index (χ4n) is 3.36. The van der Waals surface area contributed by atoms with Gasteiger partial charge in [0.05, 0.1) is 22.4 Å². The minimum absolute atomic E-state index is 0.0365. The Hall–Kier alpha value is -1.94. The lowest BCUT2D eigenvalue weighted by molar-refractivity contribution is -0.130. The molecule has 2 heterocycles. The largest absolute Gasteiger partial charge is 0.341 e. The number of hydrogen-bond donors (Lipinski definition) is 0. The van der Waals surface area contributed by atoms with E-state index in [-0.39, 0.29) is 23.5 Å². The third-order valence-electron chi connectivity index (χ3n) is 5.17. The molecule has 1 fully saturated rings. The SMILES string of the molecule is CCCCc1ccc(-n2nnnc2SC(C)C(=O)N(C)C2CCS(=O)(=O)C2)cc1. The summed E-state index contributed by atoms with van der Waals surface area (Å²) in [5.41, 5.74) is 2.11. The predicted octanol–water partition coefficient (Wildman–Crippen LogP) is 2.13. The molecule has 29 heavy (non-hydrogen) atoms. The van der Waals surface area contributed by atoms with Crippen molar-refractivity contribution in [1.29, 1.82) is 0 Å². The molecule has 0 saturated carbocycles. The minimum Gasteiger partial charge on any atom is -0.341 e. The van der Waals surface area contributed by atoms with E-state index in [4.69, 9.17) is 0 Å². The predicted molar refractivity (Wildman–Crippen MR) is 113 cm³/mol. The van der Waals surface area contributed by atoms with Crippen molar-refractivity contribution in [3.63, 3.8) is 0 Å². The van der Waals surface area contributed by atoms with Gasteiger partial charge < -0.3 is 4.90 Å². The first-order valence-electron chi connectivity index (χ1n) is 9.82. The highest BCUT2D eigenvalue weighted by atomic mass is 32.2. The number of carbonyl (C=O) groups is 1. The van der Waals surface area contributed by atoms with Crippen LogP contribution in [0.25, 0.3) is 5.69 Å². The summed E-state index contributed by atoms with van der Waals surface area (Å²) in [5, 5.41) is 12.0. The summed E-state index contributed by atoms with van der Waals surface area (Å²) < 4.78 is 25.0. The number of amides is 1. The summed E-state index contributed by atoms with van der Waals surface area (Å²) in [6, 6.07) is 7.84. The number of sulfone groups is 1. The van der Waals surface area contributed by atoms with Crippen LogP contribution in [0.5, 0.6) is 0 Å². The molecule has 3 rings (SSSR count). The van der Waals surface area contributed by atoms with Gasteiger partial charge in [-0.3, -0.25) is 4.79 Å². The summed E-state index contributed by atoms with van der Waals surface area (Å²) >= 11 is 1.27. The number of aryl methyl sites for hydroxylation is 1. The van der Waals surface area contributed by atoms with E-state index >= 15 is 0 Å². The van der Waals surface area contributed by atoms with Gasteiger partial charge in [-0.15, -0.1) is 5.10 Å². The number of thioether (sulfide) groups is 1. The van der Waals surface area contributed by atoms with E-state index < -0.39 is 15.1 Å². The Balaban J connectivity index is 1.66. The van der Waals surface area contributed by atoms with Crippen LogP contribution in [-0.4, -0.2) is 69.3 Å². The van der Waals surface area contributed by atoms with E-state index in [1.807, 2.05) is 12.1 Å². The molecule has 10 heteroatoms. The second-order valence-electron chi connectivity index (χ2n) is 7.41. The zero-order valence-electron chi connectivity index (χ0n) is 17.0. The average Bonchev–Trinajstić information content (AvgIpc) is 3.31. The molecule has 1 aliphatic heterocycles. The van der Waals surface area contributed by atoms with Crippen molar-refractivity contribution < 1.29 is 13.2 Å². The van der Waals surface area contributed by atoms with Gasteiger partial charge in [-0.1, -0.05) is 37.2 Å². The number of aromatic nitrogens is 4. The fraction of sp³-hybridized carbons (Fsp3) is 0.579. The van der Waals surface area contributed by atoms with Crippen molar-refractivity contribution >= 4 is 27.5 Å². The standard InChI is InChI=1S/C19H27N5O3S2/c1-4-5-6-15-7-9-16(10-8-15)24-19(20-21-22-24)28-14(2)18(25)23(3)17-11-12-29(26,27)13-17/h7-10,14,17H,4-6,11-13H2,1-3H3. The van der Waals surface area contributed by atoms with Gasteiger partial charge in [-0.25, -0.2) is 8.42 Å². The smallest absolute Gasteiger partial charge is 0.235 e. The first-order valence-corrected chi connectivity index (χ1v) is 12.5.